The molecule has 3 aliphatic rings. The number of piperidine rings is 1. The fourth-order valence-electron chi connectivity index (χ4n) is 7.32. The second-order valence-electron chi connectivity index (χ2n) is 11.1. The zero-order valence-corrected chi connectivity index (χ0v) is 21.0. The molecule has 0 N–H and O–H groups in total. The van der Waals surface area contributed by atoms with Gasteiger partial charge < -0.3 is 9.47 Å². The van der Waals surface area contributed by atoms with Crippen LogP contribution in [0.2, 0.25) is 0 Å². The Kier molecular flexibility index (Phi) is 4.17. The number of hydrogen-bond acceptors (Lipinski definition) is 1. The molecular formula is C33H32N2. The summed E-state index contributed by atoms with van der Waals surface area (Å²) >= 11 is 0. The average Bonchev–Trinajstić information content (AvgIpc) is 3.20. The van der Waals surface area contributed by atoms with Gasteiger partial charge in [0.1, 0.15) is 0 Å². The maximum absolute atomic E-state index is 2.77. The molecule has 2 unspecified atom stereocenters. The number of nitrogens with zero attached hydrogens (tertiary/aromatic N) is 2. The molecule has 1 fully saturated rings. The molecule has 2 nitrogen and oxygen atoms in total. The SMILES string of the molecule is Cc1cc2c(cc1N1[C@@H](C)C3(C)CCC1(C)c1ccccc13)c1ccccc1n2-c1ccccc1. The average molecular weight is 457 g/mol. The van der Waals surface area contributed by atoms with Gasteiger partial charge in [-0.05, 0) is 80.6 Å². The minimum Gasteiger partial charge on any atom is -0.358 e. The summed E-state index contributed by atoms with van der Waals surface area (Å²) in [5, 5.41) is 2.65. The van der Waals surface area contributed by atoms with Crippen molar-refractivity contribution in [3.63, 3.8) is 0 Å². The summed E-state index contributed by atoms with van der Waals surface area (Å²) in [5.41, 5.74) is 9.72. The molecule has 1 saturated heterocycles. The molecule has 1 aromatic heterocycles. The van der Waals surface area contributed by atoms with Crippen LogP contribution in [-0.4, -0.2) is 10.6 Å². The highest BCUT2D eigenvalue weighted by Crippen LogP contribution is 2.58. The van der Waals surface area contributed by atoms with E-state index in [-0.39, 0.29) is 11.0 Å². The molecular weight excluding hydrogens is 424 g/mol. The van der Waals surface area contributed by atoms with Gasteiger partial charge in [-0.1, -0.05) is 67.6 Å². The summed E-state index contributed by atoms with van der Waals surface area (Å²) in [6.07, 6.45) is 2.43. The third-order valence-corrected chi connectivity index (χ3v) is 9.36. The van der Waals surface area contributed by atoms with Gasteiger partial charge in [0.25, 0.3) is 0 Å². The summed E-state index contributed by atoms with van der Waals surface area (Å²) in [6, 6.07) is 34.1. The lowest BCUT2D eigenvalue weighted by Gasteiger charge is -2.63. The van der Waals surface area contributed by atoms with Gasteiger partial charge in [0, 0.05) is 33.6 Å². The van der Waals surface area contributed by atoms with Gasteiger partial charge in [0.05, 0.1) is 16.6 Å². The number of rotatable bonds is 2. The Hall–Kier alpha value is -3.52. The molecule has 2 bridgehead atoms. The molecule has 1 aliphatic carbocycles. The highest BCUT2D eigenvalue weighted by Gasteiger charge is 2.56. The van der Waals surface area contributed by atoms with E-state index >= 15 is 0 Å². The molecule has 0 amide bonds. The lowest BCUT2D eigenvalue weighted by atomic mass is 9.56. The molecule has 2 aliphatic heterocycles. The molecule has 5 aromatic rings. The van der Waals surface area contributed by atoms with Crippen molar-refractivity contribution < 1.29 is 0 Å². The smallest absolute Gasteiger partial charge is 0.0632 e. The largest absolute Gasteiger partial charge is 0.358 e. The van der Waals surface area contributed by atoms with Crippen molar-refractivity contribution in [1.82, 2.24) is 4.57 Å². The fraction of sp³-hybridized carbons (Fsp3) is 0.273. The Bertz CT molecular complexity index is 1610. The molecule has 0 spiro atoms. The van der Waals surface area contributed by atoms with Crippen LogP contribution in [0.3, 0.4) is 0 Å². The van der Waals surface area contributed by atoms with Gasteiger partial charge in [-0.25, -0.2) is 0 Å². The lowest BCUT2D eigenvalue weighted by molar-refractivity contribution is 0.166. The minimum absolute atomic E-state index is 0.00397. The third kappa shape index (κ3) is 2.60. The van der Waals surface area contributed by atoms with Gasteiger partial charge in [-0.15, -0.1) is 0 Å². The molecule has 8 rings (SSSR count). The maximum Gasteiger partial charge on any atom is 0.0632 e. The van der Waals surface area contributed by atoms with Crippen LogP contribution in [0, 0.1) is 6.92 Å². The lowest BCUT2D eigenvalue weighted by Crippen LogP contribution is -2.65. The Morgan fingerprint density at radius 1 is 0.714 bits per heavy atom. The van der Waals surface area contributed by atoms with Crippen LogP contribution < -0.4 is 4.90 Å². The van der Waals surface area contributed by atoms with Gasteiger partial charge in [0.15, 0.2) is 0 Å². The highest BCUT2D eigenvalue weighted by atomic mass is 15.3. The van der Waals surface area contributed by atoms with Crippen molar-refractivity contribution in [1.29, 1.82) is 0 Å². The number of aryl methyl sites for hydroxylation is 1. The fourth-order valence-corrected chi connectivity index (χ4v) is 7.32. The summed E-state index contributed by atoms with van der Waals surface area (Å²) in [6.45, 7) is 9.70. The van der Waals surface area contributed by atoms with Crippen LogP contribution in [0.5, 0.6) is 0 Å². The van der Waals surface area contributed by atoms with Crippen LogP contribution in [0.25, 0.3) is 27.5 Å². The van der Waals surface area contributed by atoms with Crippen LogP contribution >= 0.6 is 0 Å². The number of anilines is 1. The standard InChI is InChI=1S/C33H32N2/c1-22-20-31-26(25-14-8-11-17-29(25)34(31)24-12-6-5-7-13-24)21-30(22)35-23(2)32(3)18-19-33(35,4)28-16-10-9-15-27(28)32/h5-17,20-21,23H,18-19H2,1-4H3/t23-,32?,33?/m0/s1. The molecule has 3 atom stereocenters. The topological polar surface area (TPSA) is 8.17 Å². The number of para-hydroxylation sites is 2. The second-order valence-corrected chi connectivity index (χ2v) is 11.1. The van der Waals surface area contributed by atoms with Crippen molar-refractivity contribution in [3.05, 3.63) is 108 Å². The highest BCUT2D eigenvalue weighted by molar-refractivity contribution is 6.10. The maximum atomic E-state index is 2.77. The molecule has 2 heteroatoms. The van der Waals surface area contributed by atoms with Gasteiger partial charge in [0.2, 0.25) is 0 Å². The van der Waals surface area contributed by atoms with E-state index in [2.05, 4.69) is 128 Å². The van der Waals surface area contributed by atoms with Gasteiger partial charge in [-0.2, -0.15) is 0 Å². The summed E-state index contributed by atoms with van der Waals surface area (Å²) in [4.78, 5) is 2.77. The van der Waals surface area contributed by atoms with Crippen molar-refractivity contribution in [2.75, 3.05) is 4.90 Å². The van der Waals surface area contributed by atoms with E-state index in [1.807, 2.05) is 0 Å². The monoisotopic (exact) mass is 456 g/mol. The van der Waals surface area contributed by atoms with Crippen LogP contribution in [0.1, 0.15) is 50.3 Å². The summed E-state index contributed by atoms with van der Waals surface area (Å²) < 4.78 is 2.42. The van der Waals surface area contributed by atoms with Crippen molar-refractivity contribution in [2.45, 2.75) is 57.5 Å². The van der Waals surface area contributed by atoms with Crippen LogP contribution in [0.15, 0.2) is 91.0 Å². The van der Waals surface area contributed by atoms with Crippen molar-refractivity contribution >= 4 is 27.5 Å². The Morgan fingerprint density at radius 2 is 1.40 bits per heavy atom. The van der Waals surface area contributed by atoms with E-state index in [1.54, 1.807) is 5.56 Å². The first-order valence-corrected chi connectivity index (χ1v) is 12.9. The third-order valence-electron chi connectivity index (χ3n) is 9.36. The zero-order valence-electron chi connectivity index (χ0n) is 21.0. The first kappa shape index (κ1) is 20.8. The Balaban J connectivity index is 1.51. The molecule has 0 saturated carbocycles. The molecule has 0 radical (unpaired) electrons. The molecule has 3 heterocycles. The number of benzene rings is 4. The van der Waals surface area contributed by atoms with Crippen molar-refractivity contribution in [2.24, 2.45) is 0 Å². The zero-order chi connectivity index (χ0) is 23.9. The number of fused-ring (bicyclic) bond motifs is 5. The van der Waals surface area contributed by atoms with E-state index in [0.29, 0.717) is 6.04 Å². The predicted octanol–water partition coefficient (Wildman–Crippen LogP) is 8.27. The number of hydrogen-bond donors (Lipinski definition) is 0. The first-order valence-electron chi connectivity index (χ1n) is 12.9. The molecule has 4 aromatic carbocycles. The second kappa shape index (κ2) is 7.01. The minimum atomic E-state index is 0.00397. The Labute approximate surface area is 207 Å². The quantitative estimate of drug-likeness (QED) is 0.259. The van der Waals surface area contributed by atoms with Crippen molar-refractivity contribution in [3.8, 4) is 5.69 Å². The summed E-state index contributed by atoms with van der Waals surface area (Å²) in [7, 11) is 0. The van der Waals surface area contributed by atoms with Gasteiger partial charge in [-0.3, -0.25) is 0 Å². The van der Waals surface area contributed by atoms with Crippen LogP contribution in [-0.2, 0) is 11.0 Å². The normalized spacial score (nSPS) is 25.4. The van der Waals surface area contributed by atoms with E-state index < -0.39 is 0 Å². The Morgan fingerprint density at radius 3 is 2.20 bits per heavy atom. The predicted molar refractivity (Wildman–Crippen MR) is 148 cm³/mol. The molecule has 35 heavy (non-hydrogen) atoms. The van der Waals surface area contributed by atoms with Gasteiger partial charge >= 0.3 is 0 Å². The molecule has 174 valence electrons. The first-order chi connectivity index (χ1) is 16.9. The van der Waals surface area contributed by atoms with E-state index in [1.165, 1.54) is 57.1 Å². The summed E-state index contributed by atoms with van der Waals surface area (Å²) in [5.74, 6) is 0. The van der Waals surface area contributed by atoms with Crippen LogP contribution in [0.4, 0.5) is 5.69 Å². The van der Waals surface area contributed by atoms with E-state index in [9.17, 15) is 0 Å². The van der Waals surface area contributed by atoms with E-state index in [4.69, 9.17) is 0 Å². The van der Waals surface area contributed by atoms with E-state index in [0.717, 1.165) is 0 Å². The number of aromatic nitrogens is 1.